The van der Waals surface area contributed by atoms with Crippen molar-refractivity contribution in [1.29, 1.82) is 0 Å². The minimum Gasteiger partial charge on any atom is -0.496 e. The topological polar surface area (TPSA) is 34.2 Å². The molecule has 1 aromatic heterocycles. The van der Waals surface area contributed by atoms with Crippen LogP contribution in [0.2, 0.25) is 0 Å². The maximum Gasteiger partial charge on any atom is 0.124 e. The number of methoxy groups -OCH3 is 1. The summed E-state index contributed by atoms with van der Waals surface area (Å²) in [5.74, 6) is 0.911. The van der Waals surface area contributed by atoms with E-state index in [-0.39, 0.29) is 6.04 Å². The Balaban J connectivity index is 2.26. The second kappa shape index (κ2) is 6.75. The maximum atomic E-state index is 5.45. The smallest absolute Gasteiger partial charge is 0.124 e. The third kappa shape index (κ3) is 3.31. The number of aromatic nitrogens is 1. The monoisotopic (exact) mass is 334 g/mol. The highest BCUT2D eigenvalue weighted by Gasteiger charge is 2.14. The average Bonchev–Trinajstić information content (AvgIpc) is 2.48. The van der Waals surface area contributed by atoms with Crippen LogP contribution in [0.4, 0.5) is 5.69 Å². The van der Waals surface area contributed by atoms with E-state index in [1.807, 2.05) is 31.3 Å². The van der Waals surface area contributed by atoms with Crippen LogP contribution in [0.25, 0.3) is 0 Å². The Morgan fingerprint density at radius 1 is 1.35 bits per heavy atom. The highest BCUT2D eigenvalue weighted by molar-refractivity contribution is 9.10. The molecule has 0 aliphatic carbocycles. The fourth-order valence-corrected chi connectivity index (χ4v) is 2.41. The molecule has 0 radical (unpaired) electrons. The molecule has 106 valence electrons. The number of para-hydroxylation sites is 1. The Hall–Kier alpha value is -1.55. The summed E-state index contributed by atoms with van der Waals surface area (Å²) in [6.45, 7) is 4.19. The molecular formula is C16H19BrN2O. The quantitative estimate of drug-likeness (QED) is 0.803. The minimum atomic E-state index is 0.202. The molecule has 1 N–H and O–H groups in total. The summed E-state index contributed by atoms with van der Waals surface area (Å²) < 4.78 is 6.33. The summed E-state index contributed by atoms with van der Waals surface area (Å²) in [5.41, 5.74) is 3.30. The van der Waals surface area contributed by atoms with Crippen molar-refractivity contribution in [2.75, 3.05) is 12.4 Å². The first-order valence-electron chi connectivity index (χ1n) is 6.67. The maximum absolute atomic E-state index is 5.45. The summed E-state index contributed by atoms with van der Waals surface area (Å²) in [4.78, 5) is 4.33. The van der Waals surface area contributed by atoms with E-state index < -0.39 is 0 Å². The number of nitrogens with one attached hydrogen (secondary N) is 1. The number of benzene rings is 1. The second-order valence-electron chi connectivity index (χ2n) is 4.68. The predicted octanol–water partition coefficient (Wildman–Crippen LogP) is 4.72. The Kier molecular flexibility index (Phi) is 5.01. The van der Waals surface area contributed by atoms with E-state index in [2.05, 4.69) is 45.3 Å². The first-order valence-corrected chi connectivity index (χ1v) is 7.46. The van der Waals surface area contributed by atoms with Gasteiger partial charge in [-0.15, -0.1) is 0 Å². The molecule has 0 fully saturated rings. The molecule has 0 bridgehead atoms. The largest absolute Gasteiger partial charge is 0.496 e. The van der Waals surface area contributed by atoms with Gasteiger partial charge in [-0.3, -0.25) is 0 Å². The zero-order valence-corrected chi connectivity index (χ0v) is 13.6. The van der Waals surface area contributed by atoms with E-state index in [0.717, 1.165) is 33.6 Å². The van der Waals surface area contributed by atoms with Crippen molar-refractivity contribution in [3.8, 4) is 5.75 Å². The van der Waals surface area contributed by atoms with Crippen LogP contribution in [0.3, 0.4) is 0 Å². The molecule has 0 aliphatic rings. The van der Waals surface area contributed by atoms with Crippen molar-refractivity contribution in [1.82, 2.24) is 4.98 Å². The lowest BCUT2D eigenvalue weighted by Crippen LogP contribution is -2.11. The van der Waals surface area contributed by atoms with Crippen LogP contribution >= 0.6 is 15.9 Å². The number of nitrogens with zero attached hydrogens (tertiary/aromatic N) is 1. The molecular weight excluding hydrogens is 316 g/mol. The molecule has 1 aromatic carbocycles. The van der Waals surface area contributed by atoms with Crippen molar-refractivity contribution in [3.63, 3.8) is 0 Å². The van der Waals surface area contributed by atoms with Crippen molar-refractivity contribution in [2.45, 2.75) is 26.3 Å². The lowest BCUT2D eigenvalue weighted by Gasteiger charge is -2.21. The Bertz CT molecular complexity index is 586. The van der Waals surface area contributed by atoms with Gasteiger partial charge in [0, 0.05) is 5.56 Å². The molecule has 0 saturated heterocycles. The fourth-order valence-electron chi connectivity index (χ4n) is 2.19. The first kappa shape index (κ1) is 14.9. The van der Waals surface area contributed by atoms with E-state index in [9.17, 15) is 0 Å². The van der Waals surface area contributed by atoms with Gasteiger partial charge in [-0.1, -0.05) is 25.1 Å². The summed E-state index contributed by atoms with van der Waals surface area (Å²) in [6, 6.07) is 10.4. The number of halogens is 1. The molecule has 1 heterocycles. The lowest BCUT2D eigenvalue weighted by atomic mass is 10.0. The number of anilines is 1. The number of hydrogen-bond donors (Lipinski definition) is 1. The molecule has 3 nitrogen and oxygen atoms in total. The van der Waals surface area contributed by atoms with Gasteiger partial charge in [0.2, 0.25) is 0 Å². The van der Waals surface area contributed by atoms with E-state index in [0.29, 0.717) is 0 Å². The van der Waals surface area contributed by atoms with E-state index in [1.165, 1.54) is 0 Å². The number of ether oxygens (including phenoxy) is 1. The fraction of sp³-hybridized carbons (Fsp3) is 0.312. The lowest BCUT2D eigenvalue weighted by molar-refractivity contribution is 0.406. The van der Waals surface area contributed by atoms with Crippen molar-refractivity contribution < 1.29 is 4.74 Å². The molecule has 1 atom stereocenters. The molecule has 2 aromatic rings. The third-order valence-electron chi connectivity index (χ3n) is 3.28. The molecule has 1 unspecified atom stereocenters. The van der Waals surface area contributed by atoms with Gasteiger partial charge in [-0.2, -0.15) is 0 Å². The zero-order chi connectivity index (χ0) is 14.5. The number of aryl methyl sites for hydroxylation is 1. The molecule has 0 spiro atoms. The molecule has 4 heteroatoms. The van der Waals surface area contributed by atoms with Gasteiger partial charge in [0.25, 0.3) is 0 Å². The highest BCUT2D eigenvalue weighted by atomic mass is 79.9. The number of hydrogen-bond acceptors (Lipinski definition) is 3. The van der Waals surface area contributed by atoms with Crippen molar-refractivity contribution in [3.05, 3.63) is 52.3 Å². The third-order valence-corrected chi connectivity index (χ3v) is 4.11. The van der Waals surface area contributed by atoms with Crippen LogP contribution in [0.15, 0.2) is 41.1 Å². The second-order valence-corrected chi connectivity index (χ2v) is 5.43. The Morgan fingerprint density at radius 2 is 2.10 bits per heavy atom. The van der Waals surface area contributed by atoms with Crippen LogP contribution < -0.4 is 10.1 Å². The SMILES string of the molecule is CCC(Nc1cnc(Br)c(C)c1)c1ccccc1OC. The van der Waals surface area contributed by atoms with Gasteiger partial charge in [0.15, 0.2) is 0 Å². The van der Waals surface area contributed by atoms with Gasteiger partial charge in [0.05, 0.1) is 25.0 Å². The zero-order valence-electron chi connectivity index (χ0n) is 12.0. The summed E-state index contributed by atoms with van der Waals surface area (Å²) in [7, 11) is 1.71. The minimum absolute atomic E-state index is 0.202. The van der Waals surface area contributed by atoms with Crippen molar-refractivity contribution >= 4 is 21.6 Å². The molecule has 2 rings (SSSR count). The van der Waals surface area contributed by atoms with E-state index in [1.54, 1.807) is 7.11 Å². The summed E-state index contributed by atoms with van der Waals surface area (Å²) in [6.07, 6.45) is 2.81. The van der Waals surface area contributed by atoms with Crippen LogP contribution in [0.5, 0.6) is 5.75 Å². The molecule has 20 heavy (non-hydrogen) atoms. The van der Waals surface area contributed by atoms with Gasteiger partial charge >= 0.3 is 0 Å². The number of rotatable bonds is 5. The normalized spacial score (nSPS) is 12.0. The average molecular weight is 335 g/mol. The van der Waals surface area contributed by atoms with Crippen LogP contribution in [-0.4, -0.2) is 12.1 Å². The van der Waals surface area contributed by atoms with Gasteiger partial charge in [-0.05, 0) is 47.0 Å². The first-order chi connectivity index (χ1) is 9.65. The Morgan fingerprint density at radius 3 is 2.75 bits per heavy atom. The van der Waals surface area contributed by atoms with Crippen LogP contribution in [0, 0.1) is 6.92 Å². The van der Waals surface area contributed by atoms with E-state index in [4.69, 9.17) is 4.74 Å². The summed E-state index contributed by atoms with van der Waals surface area (Å²) in [5, 5.41) is 3.52. The molecule has 0 aliphatic heterocycles. The van der Waals surface area contributed by atoms with Crippen molar-refractivity contribution in [2.24, 2.45) is 0 Å². The van der Waals surface area contributed by atoms with Gasteiger partial charge in [0.1, 0.15) is 10.4 Å². The van der Waals surface area contributed by atoms with Gasteiger partial charge < -0.3 is 10.1 Å². The number of pyridine rings is 1. The highest BCUT2D eigenvalue weighted by Crippen LogP contribution is 2.30. The standard InChI is InChI=1S/C16H19BrN2O/c1-4-14(13-7-5-6-8-15(13)20-3)19-12-9-11(2)16(17)18-10-12/h5-10,14,19H,4H2,1-3H3. The Labute approximate surface area is 128 Å². The predicted molar refractivity (Wildman–Crippen MR) is 86.3 cm³/mol. The summed E-state index contributed by atoms with van der Waals surface area (Å²) >= 11 is 3.42. The molecule has 0 saturated carbocycles. The van der Waals surface area contributed by atoms with Gasteiger partial charge in [-0.25, -0.2) is 4.98 Å². The molecule has 0 amide bonds. The van der Waals surface area contributed by atoms with E-state index >= 15 is 0 Å². The van der Waals surface area contributed by atoms with Crippen LogP contribution in [0.1, 0.15) is 30.5 Å². The van der Waals surface area contributed by atoms with Crippen LogP contribution in [-0.2, 0) is 0 Å².